The van der Waals surface area contributed by atoms with E-state index < -0.39 is 6.10 Å². The summed E-state index contributed by atoms with van der Waals surface area (Å²) in [7, 11) is 0. The van der Waals surface area contributed by atoms with Crippen LogP contribution in [0.3, 0.4) is 0 Å². The van der Waals surface area contributed by atoms with Gasteiger partial charge in [-0.3, -0.25) is 14.4 Å². The van der Waals surface area contributed by atoms with Crippen molar-refractivity contribution in [2.45, 2.75) is 252 Å². The molecular weight excluding hydrogens is 1010 g/mol. The van der Waals surface area contributed by atoms with Crippen LogP contribution in [-0.4, -0.2) is 37.2 Å². The molecule has 0 saturated heterocycles. The number of carbonyl (C=O) groups excluding carboxylic acids is 3. The monoisotopic (exact) mass is 1120 g/mol. The van der Waals surface area contributed by atoms with E-state index in [9.17, 15) is 14.4 Å². The highest BCUT2D eigenvalue weighted by Crippen LogP contribution is 2.12. The van der Waals surface area contributed by atoms with Crippen molar-refractivity contribution in [1.29, 1.82) is 0 Å². The Kier molecular flexibility index (Phi) is 63.0. The highest BCUT2D eigenvalue weighted by atomic mass is 16.6. The normalized spacial score (nSPS) is 13.5. The van der Waals surface area contributed by atoms with Crippen LogP contribution in [0.4, 0.5) is 0 Å². The standard InChI is InChI=1S/C76H116O6/c1-4-7-10-13-16-19-22-25-27-29-30-31-32-33-34-35-36-37-38-39-40-41-42-43-44-45-46-47-49-51-54-57-60-63-66-69-75(78)81-72-73(71-80-74(77)68-65-62-59-56-53-50-24-21-18-15-12-9-6-3)82-76(79)70-67-64-61-58-55-52-48-28-26-23-20-17-14-11-8-5-2/h7,9-10,12,16,18-21,23,25,27-28,30-31,33-34,36-37,39-40,42-43,45-46,48-51,53,59,62,73H,4-6,8,11,13-15,17,22,24,26,29,32,35,38,41,44,47,52,54-58,60-61,63-72H2,1-3H3/b10-7-,12-9-,19-16-,21-18-,23-20-,27-25-,31-30-,34-33-,37-36-,40-39-,43-42-,46-45-,48-28-,51-49-,53-50-,62-59-. The number of ether oxygens (including phenoxy) is 3. The van der Waals surface area contributed by atoms with E-state index in [1.807, 2.05) is 12.2 Å². The van der Waals surface area contributed by atoms with E-state index in [0.29, 0.717) is 12.8 Å². The maximum Gasteiger partial charge on any atom is 0.306 e. The molecule has 0 N–H and O–H groups in total. The number of hydrogen-bond acceptors (Lipinski definition) is 6. The fourth-order valence-electron chi connectivity index (χ4n) is 8.04. The number of unbranched alkanes of at least 4 members (excludes halogenated alkanes) is 13. The van der Waals surface area contributed by atoms with Gasteiger partial charge in [-0.1, -0.05) is 267 Å². The minimum Gasteiger partial charge on any atom is -0.462 e. The van der Waals surface area contributed by atoms with Crippen molar-refractivity contribution < 1.29 is 28.6 Å². The molecule has 0 aromatic carbocycles. The third kappa shape index (κ3) is 65.1. The van der Waals surface area contributed by atoms with Crippen molar-refractivity contribution in [2.24, 2.45) is 0 Å². The smallest absolute Gasteiger partial charge is 0.306 e. The summed E-state index contributed by atoms with van der Waals surface area (Å²) in [5.74, 6) is -1.06. The van der Waals surface area contributed by atoms with Crippen molar-refractivity contribution in [3.63, 3.8) is 0 Å². The maximum atomic E-state index is 12.9. The minimum absolute atomic E-state index is 0.129. The van der Waals surface area contributed by atoms with Crippen LogP contribution in [0, 0.1) is 0 Å². The molecule has 1 unspecified atom stereocenters. The molecule has 0 rings (SSSR count). The minimum atomic E-state index is -0.836. The Morgan fingerprint density at radius 2 is 0.500 bits per heavy atom. The molecule has 0 spiro atoms. The fourth-order valence-corrected chi connectivity index (χ4v) is 8.04. The molecule has 0 saturated carbocycles. The predicted octanol–water partition coefficient (Wildman–Crippen LogP) is 22.6. The van der Waals surface area contributed by atoms with Crippen LogP contribution in [-0.2, 0) is 28.6 Å². The van der Waals surface area contributed by atoms with E-state index in [4.69, 9.17) is 14.2 Å². The molecule has 0 aromatic heterocycles. The average molecular weight is 1130 g/mol. The lowest BCUT2D eigenvalue weighted by Gasteiger charge is -2.18. The van der Waals surface area contributed by atoms with Gasteiger partial charge < -0.3 is 14.2 Å². The average Bonchev–Trinajstić information content (AvgIpc) is 3.47. The van der Waals surface area contributed by atoms with Crippen LogP contribution in [0.25, 0.3) is 0 Å². The van der Waals surface area contributed by atoms with Gasteiger partial charge in [-0.05, 0) is 154 Å². The first-order valence-electron chi connectivity index (χ1n) is 32.4. The quantitative estimate of drug-likeness (QED) is 0.0261. The first-order chi connectivity index (χ1) is 40.5. The van der Waals surface area contributed by atoms with Crippen LogP contribution in [0.2, 0.25) is 0 Å². The lowest BCUT2D eigenvalue weighted by atomic mass is 10.1. The summed E-state index contributed by atoms with van der Waals surface area (Å²) in [6.45, 7) is 6.28. The maximum absolute atomic E-state index is 12.9. The fraction of sp³-hybridized carbons (Fsp3) is 0.539. The van der Waals surface area contributed by atoms with Crippen LogP contribution in [0.15, 0.2) is 194 Å². The van der Waals surface area contributed by atoms with Crippen LogP contribution in [0.5, 0.6) is 0 Å². The van der Waals surface area contributed by atoms with Gasteiger partial charge >= 0.3 is 17.9 Å². The van der Waals surface area contributed by atoms with Gasteiger partial charge in [0.25, 0.3) is 0 Å². The number of hydrogen-bond donors (Lipinski definition) is 0. The lowest BCUT2D eigenvalue weighted by Crippen LogP contribution is -2.30. The predicted molar refractivity (Wildman–Crippen MR) is 357 cm³/mol. The summed E-state index contributed by atoms with van der Waals surface area (Å²) in [6.07, 6.45) is 103. The summed E-state index contributed by atoms with van der Waals surface area (Å²) in [5, 5.41) is 0. The molecular formula is C76H116O6. The van der Waals surface area contributed by atoms with Crippen LogP contribution in [0.1, 0.15) is 245 Å². The van der Waals surface area contributed by atoms with Gasteiger partial charge in [0.1, 0.15) is 13.2 Å². The third-order valence-electron chi connectivity index (χ3n) is 12.8. The molecule has 456 valence electrons. The second kappa shape index (κ2) is 67.8. The van der Waals surface area contributed by atoms with Crippen molar-refractivity contribution in [1.82, 2.24) is 0 Å². The van der Waals surface area contributed by atoms with E-state index in [2.05, 4.69) is 203 Å². The van der Waals surface area contributed by atoms with E-state index in [1.54, 1.807) is 0 Å². The van der Waals surface area contributed by atoms with E-state index in [-0.39, 0.29) is 44.0 Å². The van der Waals surface area contributed by atoms with Gasteiger partial charge in [0.2, 0.25) is 0 Å². The summed E-state index contributed by atoms with van der Waals surface area (Å²) in [5.41, 5.74) is 0. The number of esters is 3. The highest BCUT2D eigenvalue weighted by Gasteiger charge is 2.19. The first kappa shape index (κ1) is 76.2. The Morgan fingerprint density at radius 1 is 0.256 bits per heavy atom. The molecule has 82 heavy (non-hydrogen) atoms. The SMILES string of the molecule is CC/C=C\C/C=C\C/C=C\C/C=C\C/C=C\C/C=C\C/C=C\C/C=C\C/C=C\C/C=C\CCCCCCC(=O)OCC(COC(=O)CC/C=C\C/C=C\C/C=C\C/C=C\CC)OC(=O)CCCCCCC/C=C\C/C=C\CCCCCC. The highest BCUT2D eigenvalue weighted by molar-refractivity contribution is 5.71. The Balaban J connectivity index is 4.40. The number of allylic oxidation sites excluding steroid dienone is 32. The lowest BCUT2D eigenvalue weighted by molar-refractivity contribution is -0.166. The summed E-state index contributed by atoms with van der Waals surface area (Å²) in [4.78, 5) is 38.2. The number of carbonyl (C=O) groups is 3. The van der Waals surface area contributed by atoms with Crippen LogP contribution >= 0.6 is 0 Å². The van der Waals surface area contributed by atoms with Gasteiger partial charge in [0.05, 0.1) is 0 Å². The Bertz CT molecular complexity index is 1970. The van der Waals surface area contributed by atoms with Crippen molar-refractivity contribution in [3.8, 4) is 0 Å². The molecule has 0 bridgehead atoms. The second-order valence-corrected chi connectivity index (χ2v) is 20.5. The topological polar surface area (TPSA) is 78.9 Å². The molecule has 0 aliphatic heterocycles. The van der Waals surface area contributed by atoms with E-state index in [0.717, 1.165) is 167 Å². The molecule has 0 radical (unpaired) electrons. The van der Waals surface area contributed by atoms with Crippen LogP contribution < -0.4 is 0 Å². The molecule has 0 amide bonds. The Labute approximate surface area is 503 Å². The molecule has 0 fully saturated rings. The first-order valence-corrected chi connectivity index (χ1v) is 32.4. The molecule has 0 aliphatic carbocycles. The molecule has 0 aromatic rings. The summed E-state index contributed by atoms with van der Waals surface area (Å²) in [6, 6.07) is 0. The van der Waals surface area contributed by atoms with Crippen molar-refractivity contribution in [3.05, 3.63) is 194 Å². The third-order valence-corrected chi connectivity index (χ3v) is 12.8. The number of rotatable bonds is 56. The second-order valence-electron chi connectivity index (χ2n) is 20.5. The van der Waals surface area contributed by atoms with Gasteiger partial charge in [-0.2, -0.15) is 0 Å². The summed E-state index contributed by atoms with van der Waals surface area (Å²) >= 11 is 0. The molecule has 0 aliphatic rings. The molecule has 1 atom stereocenters. The Hall–Kier alpha value is -5.75. The molecule has 0 heterocycles. The zero-order chi connectivity index (χ0) is 59.2. The Morgan fingerprint density at radius 3 is 0.817 bits per heavy atom. The molecule has 6 nitrogen and oxygen atoms in total. The van der Waals surface area contributed by atoms with Gasteiger partial charge in [-0.25, -0.2) is 0 Å². The largest absolute Gasteiger partial charge is 0.462 e. The van der Waals surface area contributed by atoms with Crippen molar-refractivity contribution >= 4 is 17.9 Å². The van der Waals surface area contributed by atoms with Gasteiger partial charge in [0.15, 0.2) is 6.10 Å². The van der Waals surface area contributed by atoms with E-state index >= 15 is 0 Å². The van der Waals surface area contributed by atoms with E-state index in [1.165, 1.54) is 32.1 Å². The summed E-state index contributed by atoms with van der Waals surface area (Å²) < 4.78 is 16.8. The zero-order valence-electron chi connectivity index (χ0n) is 52.2. The van der Waals surface area contributed by atoms with Crippen molar-refractivity contribution in [2.75, 3.05) is 13.2 Å². The van der Waals surface area contributed by atoms with Gasteiger partial charge in [-0.15, -0.1) is 0 Å². The van der Waals surface area contributed by atoms with Gasteiger partial charge in [0, 0.05) is 19.3 Å². The molecule has 6 heteroatoms. The zero-order valence-corrected chi connectivity index (χ0v) is 52.2.